The molecule has 0 atom stereocenters. The van der Waals surface area contributed by atoms with E-state index in [2.05, 4.69) is 15.6 Å². The smallest absolute Gasteiger partial charge is 0.230 e. The van der Waals surface area contributed by atoms with Crippen LogP contribution in [-0.4, -0.2) is 61.7 Å². The van der Waals surface area contributed by atoms with E-state index in [9.17, 15) is 9.90 Å². The highest BCUT2D eigenvalue weighted by atomic mass is 127. The van der Waals surface area contributed by atoms with Gasteiger partial charge in [-0.2, -0.15) is 0 Å². The molecule has 6 nitrogen and oxygen atoms in total. The van der Waals surface area contributed by atoms with Crippen LogP contribution < -0.4 is 10.6 Å². The first-order chi connectivity index (χ1) is 10.9. The van der Waals surface area contributed by atoms with Gasteiger partial charge in [-0.25, -0.2) is 0 Å². The van der Waals surface area contributed by atoms with E-state index >= 15 is 0 Å². The summed E-state index contributed by atoms with van der Waals surface area (Å²) >= 11 is 0. The maximum absolute atomic E-state index is 12.6. The minimum Gasteiger partial charge on any atom is -0.388 e. The second kappa shape index (κ2) is 9.22. The highest BCUT2D eigenvalue weighted by Crippen LogP contribution is 2.38. The molecule has 0 aromatic heterocycles. The molecule has 2 fully saturated rings. The van der Waals surface area contributed by atoms with Crippen LogP contribution in [0, 0.1) is 5.41 Å². The summed E-state index contributed by atoms with van der Waals surface area (Å²) in [4.78, 5) is 18.5. The summed E-state index contributed by atoms with van der Waals surface area (Å²) in [6.45, 7) is 1.11. The van der Waals surface area contributed by atoms with E-state index in [0.29, 0.717) is 19.0 Å². The molecule has 3 N–H and O–H groups in total. The predicted octanol–water partition coefficient (Wildman–Crippen LogP) is 1.72. The number of aliphatic hydroxyl groups is 1. The SMILES string of the molecule is CN=C(NCC1(O)CCCC1)NCC1(C(=O)N(C)C)CCCC1.I. The topological polar surface area (TPSA) is 77.0 Å². The van der Waals surface area contributed by atoms with Gasteiger partial charge in [0.1, 0.15) is 0 Å². The van der Waals surface area contributed by atoms with Crippen LogP contribution in [0.15, 0.2) is 4.99 Å². The normalized spacial score (nSPS) is 21.9. The van der Waals surface area contributed by atoms with Crippen molar-refractivity contribution in [1.29, 1.82) is 0 Å². The number of carbonyl (C=O) groups excluding carboxylic acids is 1. The molecule has 0 aromatic rings. The quantitative estimate of drug-likeness (QED) is 0.338. The highest BCUT2D eigenvalue weighted by molar-refractivity contribution is 14.0. The minimum atomic E-state index is -0.609. The van der Waals surface area contributed by atoms with Crippen molar-refractivity contribution in [2.75, 3.05) is 34.2 Å². The number of halogens is 1. The number of carbonyl (C=O) groups is 1. The largest absolute Gasteiger partial charge is 0.388 e. The number of guanidine groups is 1. The first-order valence-electron chi connectivity index (χ1n) is 8.80. The number of rotatable bonds is 5. The highest BCUT2D eigenvalue weighted by Gasteiger charge is 2.42. The Morgan fingerprint density at radius 1 is 1.04 bits per heavy atom. The van der Waals surface area contributed by atoms with Gasteiger partial charge in [-0.1, -0.05) is 25.7 Å². The van der Waals surface area contributed by atoms with E-state index < -0.39 is 5.60 Å². The second-order valence-corrected chi connectivity index (χ2v) is 7.40. The summed E-state index contributed by atoms with van der Waals surface area (Å²) in [5.41, 5.74) is -0.923. The molecule has 2 rings (SSSR count). The number of aliphatic imine (C=N–C) groups is 1. The van der Waals surface area contributed by atoms with Crippen molar-refractivity contribution in [2.24, 2.45) is 10.4 Å². The fourth-order valence-corrected chi connectivity index (χ4v) is 3.92. The maximum Gasteiger partial charge on any atom is 0.230 e. The van der Waals surface area contributed by atoms with E-state index in [1.165, 1.54) is 0 Å². The molecule has 0 radical (unpaired) electrons. The van der Waals surface area contributed by atoms with Gasteiger partial charge in [0.2, 0.25) is 5.91 Å². The standard InChI is InChI=1S/C17H32N4O2.HI/c1-18-15(20-13-17(23)10-6-7-11-17)19-12-16(8-4-5-9-16)14(22)21(2)3;/h23H,4-13H2,1-3H3,(H2,18,19,20);1H. The van der Waals surface area contributed by atoms with Gasteiger partial charge in [-0.3, -0.25) is 9.79 Å². The maximum atomic E-state index is 12.6. The van der Waals surface area contributed by atoms with Crippen molar-refractivity contribution in [1.82, 2.24) is 15.5 Å². The van der Waals surface area contributed by atoms with Gasteiger partial charge in [0.05, 0.1) is 11.0 Å². The predicted molar refractivity (Wildman–Crippen MR) is 108 cm³/mol. The molecule has 1 amide bonds. The number of hydrogen-bond donors (Lipinski definition) is 3. The molecule has 140 valence electrons. The zero-order chi connectivity index (χ0) is 16.9. The zero-order valence-electron chi connectivity index (χ0n) is 15.2. The van der Waals surface area contributed by atoms with Gasteiger partial charge in [0, 0.05) is 34.2 Å². The Balaban J connectivity index is 0.00000288. The zero-order valence-corrected chi connectivity index (χ0v) is 17.6. The average Bonchev–Trinajstić information content (AvgIpc) is 3.17. The van der Waals surface area contributed by atoms with Gasteiger partial charge in [-0.05, 0) is 25.7 Å². The van der Waals surface area contributed by atoms with Crippen LogP contribution in [0.25, 0.3) is 0 Å². The van der Waals surface area contributed by atoms with Gasteiger partial charge < -0.3 is 20.6 Å². The Morgan fingerprint density at radius 2 is 1.54 bits per heavy atom. The Labute approximate surface area is 162 Å². The number of hydrogen-bond acceptors (Lipinski definition) is 3. The second-order valence-electron chi connectivity index (χ2n) is 7.40. The van der Waals surface area contributed by atoms with Crippen LogP contribution in [0.3, 0.4) is 0 Å². The van der Waals surface area contributed by atoms with Crippen molar-refractivity contribution >= 4 is 35.8 Å². The third-order valence-electron chi connectivity index (χ3n) is 5.36. The Morgan fingerprint density at radius 3 is 2.04 bits per heavy atom. The third-order valence-corrected chi connectivity index (χ3v) is 5.36. The first-order valence-corrected chi connectivity index (χ1v) is 8.80. The van der Waals surface area contributed by atoms with Gasteiger partial charge in [0.25, 0.3) is 0 Å². The van der Waals surface area contributed by atoms with Crippen molar-refractivity contribution in [3.63, 3.8) is 0 Å². The lowest BCUT2D eigenvalue weighted by atomic mass is 9.84. The van der Waals surface area contributed by atoms with Crippen LogP contribution in [0.5, 0.6) is 0 Å². The van der Waals surface area contributed by atoms with Crippen LogP contribution >= 0.6 is 24.0 Å². The summed E-state index contributed by atoms with van der Waals surface area (Å²) < 4.78 is 0. The molecule has 2 aliphatic rings. The molecule has 0 bridgehead atoms. The molecule has 24 heavy (non-hydrogen) atoms. The van der Waals surface area contributed by atoms with Crippen LogP contribution in [0.1, 0.15) is 51.4 Å². The molecule has 0 saturated heterocycles. The molecule has 0 aromatic carbocycles. The Bertz CT molecular complexity index is 442. The van der Waals surface area contributed by atoms with E-state index in [4.69, 9.17) is 0 Å². The van der Waals surface area contributed by atoms with E-state index in [-0.39, 0.29) is 35.3 Å². The van der Waals surface area contributed by atoms with Crippen molar-refractivity contribution in [2.45, 2.75) is 57.0 Å². The van der Waals surface area contributed by atoms with Gasteiger partial charge in [-0.15, -0.1) is 24.0 Å². The van der Waals surface area contributed by atoms with E-state index in [0.717, 1.165) is 51.4 Å². The van der Waals surface area contributed by atoms with E-state index in [1.807, 2.05) is 14.1 Å². The lowest BCUT2D eigenvalue weighted by Crippen LogP contribution is -2.51. The van der Waals surface area contributed by atoms with Crippen molar-refractivity contribution < 1.29 is 9.90 Å². The van der Waals surface area contributed by atoms with Crippen LogP contribution in [0.4, 0.5) is 0 Å². The molecule has 0 spiro atoms. The Kier molecular flexibility index (Phi) is 8.25. The molecular weight excluding hydrogens is 419 g/mol. The fraction of sp³-hybridized carbons (Fsp3) is 0.882. The molecule has 2 aliphatic carbocycles. The summed E-state index contributed by atoms with van der Waals surface area (Å²) in [6, 6.07) is 0. The van der Waals surface area contributed by atoms with Gasteiger partial charge >= 0.3 is 0 Å². The van der Waals surface area contributed by atoms with Crippen molar-refractivity contribution in [3.8, 4) is 0 Å². The summed E-state index contributed by atoms with van der Waals surface area (Å²) in [5.74, 6) is 0.871. The fourth-order valence-electron chi connectivity index (χ4n) is 3.92. The van der Waals surface area contributed by atoms with Gasteiger partial charge in [0.15, 0.2) is 5.96 Å². The Hall–Kier alpha value is -0.570. The van der Waals surface area contributed by atoms with Crippen LogP contribution in [0.2, 0.25) is 0 Å². The molecule has 7 heteroatoms. The summed E-state index contributed by atoms with van der Waals surface area (Å²) in [5, 5.41) is 17.0. The molecule has 0 unspecified atom stereocenters. The molecule has 2 saturated carbocycles. The molecular formula is C17H33IN4O2. The number of nitrogens with zero attached hydrogens (tertiary/aromatic N) is 2. The average molecular weight is 452 g/mol. The number of amides is 1. The molecule has 0 heterocycles. The first kappa shape index (κ1) is 21.5. The summed E-state index contributed by atoms with van der Waals surface area (Å²) in [7, 11) is 5.37. The minimum absolute atomic E-state index is 0. The summed E-state index contributed by atoms with van der Waals surface area (Å²) in [6.07, 6.45) is 7.94. The number of nitrogens with one attached hydrogen (secondary N) is 2. The monoisotopic (exact) mass is 452 g/mol. The van der Waals surface area contributed by atoms with Crippen molar-refractivity contribution in [3.05, 3.63) is 0 Å². The lowest BCUT2D eigenvalue weighted by Gasteiger charge is -2.32. The lowest BCUT2D eigenvalue weighted by molar-refractivity contribution is -0.138. The third kappa shape index (κ3) is 5.21. The molecule has 0 aliphatic heterocycles. The van der Waals surface area contributed by atoms with E-state index in [1.54, 1.807) is 11.9 Å². The van der Waals surface area contributed by atoms with Crippen LogP contribution in [-0.2, 0) is 4.79 Å².